The van der Waals surface area contributed by atoms with Crippen molar-refractivity contribution in [3.8, 4) is 5.75 Å². The normalized spacial score (nSPS) is 17.1. The minimum Gasteiger partial charge on any atom is -0.493 e. The van der Waals surface area contributed by atoms with Gasteiger partial charge in [-0.2, -0.15) is 0 Å². The predicted octanol–water partition coefficient (Wildman–Crippen LogP) is 4.83. The Morgan fingerprint density at radius 1 is 1.24 bits per heavy atom. The number of benzene rings is 1. The fourth-order valence-electron chi connectivity index (χ4n) is 3.17. The molecule has 2 nitrogen and oxygen atoms in total. The first kappa shape index (κ1) is 18.3. The first-order valence-corrected chi connectivity index (χ1v) is 8.22. The van der Waals surface area contributed by atoms with Gasteiger partial charge in [0.25, 0.3) is 0 Å². The average Bonchev–Trinajstić information content (AvgIpc) is 2.46. The molecule has 0 amide bonds. The van der Waals surface area contributed by atoms with Gasteiger partial charge in [-0.3, -0.25) is 0 Å². The molecule has 1 atom stereocenters. The van der Waals surface area contributed by atoms with Crippen LogP contribution in [-0.2, 0) is 6.42 Å². The van der Waals surface area contributed by atoms with Crippen molar-refractivity contribution in [2.45, 2.75) is 70.8 Å². The van der Waals surface area contributed by atoms with Crippen molar-refractivity contribution < 1.29 is 4.74 Å². The predicted molar refractivity (Wildman–Crippen MR) is 92.7 cm³/mol. The number of hydrogen-bond acceptors (Lipinski definition) is 2. The highest BCUT2D eigenvalue weighted by Crippen LogP contribution is 2.38. The van der Waals surface area contributed by atoms with Crippen molar-refractivity contribution >= 4 is 12.4 Å². The van der Waals surface area contributed by atoms with Gasteiger partial charge in [0.05, 0.1) is 6.61 Å². The topological polar surface area (TPSA) is 35.2 Å². The molecule has 1 aliphatic rings. The summed E-state index contributed by atoms with van der Waals surface area (Å²) in [7, 11) is 0. The van der Waals surface area contributed by atoms with E-state index >= 15 is 0 Å². The van der Waals surface area contributed by atoms with Gasteiger partial charge in [0.15, 0.2) is 0 Å². The van der Waals surface area contributed by atoms with E-state index in [1.54, 1.807) is 0 Å². The first-order chi connectivity index (χ1) is 9.70. The molecule has 1 aromatic rings. The summed E-state index contributed by atoms with van der Waals surface area (Å²) < 4.78 is 5.97. The second-order valence-electron chi connectivity index (χ2n) is 6.24. The van der Waals surface area contributed by atoms with E-state index in [2.05, 4.69) is 32.0 Å². The standard InChI is InChI=1S/C18H29NO.ClH/c1-3-11-20-18-10-9-15(12-14(2)19)13-17(18)16-7-5-4-6-8-16;/h9-10,13-14,16H,3-8,11-12,19H2,1-2H3;1H. The van der Waals surface area contributed by atoms with Crippen LogP contribution < -0.4 is 10.5 Å². The number of hydrogen-bond donors (Lipinski definition) is 1. The summed E-state index contributed by atoms with van der Waals surface area (Å²) in [6, 6.07) is 6.92. The molecule has 0 saturated heterocycles. The van der Waals surface area contributed by atoms with Crippen molar-refractivity contribution in [1.29, 1.82) is 0 Å². The van der Waals surface area contributed by atoms with Crippen LogP contribution in [0.2, 0.25) is 0 Å². The van der Waals surface area contributed by atoms with Gasteiger partial charge in [-0.15, -0.1) is 12.4 Å². The zero-order valence-corrected chi connectivity index (χ0v) is 14.3. The second-order valence-corrected chi connectivity index (χ2v) is 6.24. The van der Waals surface area contributed by atoms with Crippen LogP contribution in [0.1, 0.15) is 69.4 Å². The van der Waals surface area contributed by atoms with Crippen LogP contribution in [0.3, 0.4) is 0 Å². The number of halogens is 1. The van der Waals surface area contributed by atoms with Gasteiger partial charge < -0.3 is 10.5 Å². The SMILES string of the molecule is CCCOc1ccc(CC(C)N)cc1C1CCCCC1.Cl. The molecule has 0 aliphatic heterocycles. The van der Waals surface area contributed by atoms with Gasteiger partial charge in [0, 0.05) is 6.04 Å². The molecule has 1 fully saturated rings. The summed E-state index contributed by atoms with van der Waals surface area (Å²) in [6.45, 7) is 5.04. The van der Waals surface area contributed by atoms with Crippen LogP contribution in [0, 0.1) is 0 Å². The maximum Gasteiger partial charge on any atom is 0.122 e. The highest BCUT2D eigenvalue weighted by atomic mass is 35.5. The van der Waals surface area contributed by atoms with E-state index in [1.807, 2.05) is 0 Å². The lowest BCUT2D eigenvalue weighted by atomic mass is 9.83. The number of ether oxygens (including phenoxy) is 1. The highest BCUT2D eigenvalue weighted by Gasteiger charge is 2.20. The van der Waals surface area contributed by atoms with Crippen molar-refractivity contribution in [2.75, 3.05) is 6.61 Å². The van der Waals surface area contributed by atoms with E-state index < -0.39 is 0 Å². The molecule has 1 unspecified atom stereocenters. The molecule has 0 spiro atoms. The molecule has 0 heterocycles. The third-order valence-corrected chi connectivity index (χ3v) is 4.14. The summed E-state index contributed by atoms with van der Waals surface area (Å²) >= 11 is 0. The number of nitrogens with two attached hydrogens (primary N) is 1. The van der Waals surface area contributed by atoms with E-state index in [-0.39, 0.29) is 18.4 Å². The Balaban J connectivity index is 0.00000220. The third-order valence-electron chi connectivity index (χ3n) is 4.14. The maximum atomic E-state index is 5.97. The summed E-state index contributed by atoms with van der Waals surface area (Å²) in [6.07, 6.45) is 8.74. The van der Waals surface area contributed by atoms with Gasteiger partial charge >= 0.3 is 0 Å². The van der Waals surface area contributed by atoms with Gasteiger partial charge in [-0.05, 0) is 55.7 Å². The fourth-order valence-corrected chi connectivity index (χ4v) is 3.17. The Labute approximate surface area is 135 Å². The fraction of sp³-hybridized carbons (Fsp3) is 0.667. The van der Waals surface area contributed by atoms with E-state index in [9.17, 15) is 0 Å². The Morgan fingerprint density at radius 3 is 2.57 bits per heavy atom. The van der Waals surface area contributed by atoms with Gasteiger partial charge in [-0.1, -0.05) is 38.3 Å². The third kappa shape index (κ3) is 5.52. The van der Waals surface area contributed by atoms with Crippen molar-refractivity contribution in [2.24, 2.45) is 5.73 Å². The van der Waals surface area contributed by atoms with Gasteiger partial charge in [0.2, 0.25) is 0 Å². The average molecular weight is 312 g/mol. The first-order valence-electron chi connectivity index (χ1n) is 8.22. The zero-order valence-electron chi connectivity index (χ0n) is 13.4. The summed E-state index contributed by atoms with van der Waals surface area (Å²) in [5.74, 6) is 1.79. The molecular weight excluding hydrogens is 282 g/mol. The smallest absolute Gasteiger partial charge is 0.122 e. The van der Waals surface area contributed by atoms with Crippen LogP contribution in [0.25, 0.3) is 0 Å². The molecule has 120 valence electrons. The molecule has 0 bridgehead atoms. The summed E-state index contributed by atoms with van der Waals surface area (Å²) in [5.41, 5.74) is 8.72. The Kier molecular flexibility index (Phi) is 8.13. The monoisotopic (exact) mass is 311 g/mol. The molecule has 1 aromatic carbocycles. The van der Waals surface area contributed by atoms with Crippen molar-refractivity contribution in [1.82, 2.24) is 0 Å². The van der Waals surface area contributed by atoms with E-state index in [1.165, 1.54) is 43.2 Å². The molecule has 2 N–H and O–H groups in total. The van der Waals surface area contributed by atoms with Crippen LogP contribution in [0.5, 0.6) is 5.75 Å². The van der Waals surface area contributed by atoms with Crippen molar-refractivity contribution in [3.05, 3.63) is 29.3 Å². The minimum atomic E-state index is 0. The van der Waals surface area contributed by atoms with Crippen LogP contribution in [0.4, 0.5) is 0 Å². The Hall–Kier alpha value is -0.730. The lowest BCUT2D eigenvalue weighted by molar-refractivity contribution is 0.307. The van der Waals surface area contributed by atoms with Gasteiger partial charge in [-0.25, -0.2) is 0 Å². The van der Waals surface area contributed by atoms with Crippen molar-refractivity contribution in [3.63, 3.8) is 0 Å². The number of rotatable bonds is 6. The quantitative estimate of drug-likeness (QED) is 0.816. The molecule has 0 aromatic heterocycles. The van der Waals surface area contributed by atoms with Gasteiger partial charge in [0.1, 0.15) is 5.75 Å². The zero-order chi connectivity index (χ0) is 14.4. The molecule has 1 saturated carbocycles. The largest absolute Gasteiger partial charge is 0.493 e. The van der Waals surface area contributed by atoms with E-state index in [0.29, 0.717) is 5.92 Å². The molecule has 21 heavy (non-hydrogen) atoms. The van der Waals surface area contributed by atoms with Crippen LogP contribution >= 0.6 is 12.4 Å². The molecular formula is C18H30ClNO. The summed E-state index contributed by atoms with van der Waals surface area (Å²) in [4.78, 5) is 0. The Morgan fingerprint density at radius 2 is 1.95 bits per heavy atom. The van der Waals surface area contributed by atoms with Crippen LogP contribution in [-0.4, -0.2) is 12.6 Å². The molecule has 0 radical (unpaired) electrons. The lowest BCUT2D eigenvalue weighted by Gasteiger charge is -2.25. The second kappa shape index (κ2) is 9.32. The minimum absolute atomic E-state index is 0. The molecule has 3 heteroatoms. The van der Waals surface area contributed by atoms with E-state index in [0.717, 1.165) is 25.2 Å². The maximum absolute atomic E-state index is 5.97. The van der Waals surface area contributed by atoms with E-state index in [4.69, 9.17) is 10.5 Å². The summed E-state index contributed by atoms with van der Waals surface area (Å²) in [5, 5.41) is 0. The van der Waals surface area contributed by atoms with Crippen LogP contribution in [0.15, 0.2) is 18.2 Å². The molecule has 2 rings (SSSR count). The highest BCUT2D eigenvalue weighted by molar-refractivity contribution is 5.85. The molecule has 1 aliphatic carbocycles. The lowest BCUT2D eigenvalue weighted by Crippen LogP contribution is -2.18. The Bertz CT molecular complexity index is 414.